The summed E-state index contributed by atoms with van der Waals surface area (Å²) in [5.41, 5.74) is 0. The molecule has 0 atom stereocenters. The van der Waals surface area contributed by atoms with Gasteiger partial charge in [0.25, 0.3) is 0 Å². The Morgan fingerprint density at radius 3 is 1.91 bits per heavy atom. The molecule has 0 saturated carbocycles. The third-order valence-corrected chi connectivity index (χ3v) is 3.92. The summed E-state index contributed by atoms with van der Waals surface area (Å²) in [5.74, 6) is 0. The topological polar surface area (TPSA) is 23.6 Å². The second-order valence-corrected chi connectivity index (χ2v) is 6.70. The Morgan fingerprint density at radius 1 is 1.09 bits per heavy atom. The lowest BCUT2D eigenvalue weighted by Crippen LogP contribution is -2.42. The highest BCUT2D eigenvalue weighted by Crippen LogP contribution is 2.41. The Balaban J connectivity index is 2.46. The minimum atomic E-state index is -1.96. The van der Waals surface area contributed by atoms with E-state index in [9.17, 15) is 4.57 Å². The molecule has 11 heavy (non-hydrogen) atoms. The first-order valence-electron chi connectivity index (χ1n) is 3.99. The van der Waals surface area contributed by atoms with Gasteiger partial charge < -0.3 is 9.46 Å². The lowest BCUT2D eigenvalue weighted by Gasteiger charge is -2.34. The zero-order chi connectivity index (χ0) is 8.48. The van der Waals surface area contributed by atoms with Crippen molar-refractivity contribution < 1.29 is 4.57 Å². The quantitative estimate of drug-likeness (QED) is 0.551. The Morgan fingerprint density at radius 2 is 1.55 bits per heavy atom. The number of rotatable bonds is 1. The largest absolute Gasteiger partial charge is 0.307 e. The zero-order valence-electron chi connectivity index (χ0n) is 7.58. The highest BCUT2D eigenvalue weighted by atomic mass is 31.2. The molecule has 1 fully saturated rings. The molecule has 0 N–H and O–H groups in total. The molecule has 1 aliphatic heterocycles. The normalized spacial score (nSPS) is 23.9. The fourth-order valence-electron chi connectivity index (χ4n) is 1.28. The molecule has 0 amide bonds. The van der Waals surface area contributed by atoms with E-state index in [-0.39, 0.29) is 0 Å². The van der Waals surface area contributed by atoms with Crippen molar-refractivity contribution in [2.75, 3.05) is 46.6 Å². The summed E-state index contributed by atoms with van der Waals surface area (Å²) >= 11 is 0. The molecule has 1 aliphatic rings. The van der Waals surface area contributed by atoms with Crippen LogP contribution in [0.5, 0.6) is 0 Å². The fraction of sp³-hybridized carbons (Fsp3) is 1.00. The van der Waals surface area contributed by atoms with Crippen molar-refractivity contribution in [2.45, 2.75) is 0 Å². The Kier molecular flexibility index (Phi) is 2.74. The number of hydrogen-bond acceptors (Lipinski definition) is 2. The molecule has 3 nitrogen and oxygen atoms in total. The summed E-state index contributed by atoms with van der Waals surface area (Å²) in [6, 6.07) is 0. The number of likely N-dealkylation sites (N-methyl/N-ethyl adjacent to an activating group) is 1. The Labute approximate surface area is 68.8 Å². The summed E-state index contributed by atoms with van der Waals surface area (Å²) in [6.07, 6.45) is 0. The minimum Gasteiger partial charge on any atom is -0.307 e. The smallest absolute Gasteiger partial charge is 0.144 e. The van der Waals surface area contributed by atoms with E-state index in [1.807, 2.05) is 13.3 Å². The van der Waals surface area contributed by atoms with Gasteiger partial charge in [0.2, 0.25) is 0 Å². The molecule has 0 bridgehead atoms. The molecular weight excluding hydrogens is 159 g/mol. The number of hydrogen-bond donors (Lipinski definition) is 0. The average molecular weight is 176 g/mol. The van der Waals surface area contributed by atoms with Crippen molar-refractivity contribution in [1.29, 1.82) is 0 Å². The second kappa shape index (κ2) is 3.26. The Hall–Kier alpha value is 0.150. The molecule has 0 aromatic rings. The molecule has 0 aromatic heterocycles. The molecule has 0 aromatic carbocycles. The van der Waals surface area contributed by atoms with Gasteiger partial charge in [-0.3, -0.25) is 4.67 Å². The van der Waals surface area contributed by atoms with Crippen molar-refractivity contribution in [3.8, 4) is 0 Å². The highest BCUT2D eigenvalue weighted by Gasteiger charge is 2.22. The SMILES string of the molecule is CN1CCN(P(C)(C)=O)CC1. The van der Waals surface area contributed by atoms with Crippen molar-refractivity contribution in [1.82, 2.24) is 9.57 Å². The van der Waals surface area contributed by atoms with E-state index in [0.29, 0.717) is 0 Å². The van der Waals surface area contributed by atoms with Crippen LogP contribution >= 0.6 is 7.29 Å². The molecule has 0 unspecified atom stereocenters. The predicted octanol–water partition coefficient (Wildman–Crippen LogP) is 0.771. The first kappa shape index (κ1) is 9.24. The van der Waals surface area contributed by atoms with E-state index in [0.717, 1.165) is 26.2 Å². The zero-order valence-corrected chi connectivity index (χ0v) is 8.47. The van der Waals surface area contributed by atoms with Crippen LogP contribution in [0.2, 0.25) is 0 Å². The van der Waals surface area contributed by atoms with Gasteiger partial charge in [0.05, 0.1) is 0 Å². The first-order chi connectivity index (χ1) is 5.00. The average Bonchev–Trinajstić information content (AvgIpc) is 1.86. The lowest BCUT2D eigenvalue weighted by atomic mass is 10.4. The van der Waals surface area contributed by atoms with Crippen molar-refractivity contribution in [3.05, 3.63) is 0 Å². The van der Waals surface area contributed by atoms with Crippen LogP contribution in [-0.4, -0.2) is 56.1 Å². The van der Waals surface area contributed by atoms with Crippen molar-refractivity contribution in [3.63, 3.8) is 0 Å². The Bertz CT molecular complexity index is 169. The van der Waals surface area contributed by atoms with Gasteiger partial charge in [-0.15, -0.1) is 0 Å². The second-order valence-electron chi connectivity index (χ2n) is 3.55. The van der Waals surface area contributed by atoms with Gasteiger partial charge >= 0.3 is 0 Å². The van der Waals surface area contributed by atoms with Crippen LogP contribution in [0.15, 0.2) is 0 Å². The van der Waals surface area contributed by atoms with E-state index in [1.165, 1.54) is 0 Å². The monoisotopic (exact) mass is 176 g/mol. The van der Waals surface area contributed by atoms with Crippen LogP contribution in [-0.2, 0) is 4.57 Å². The standard InChI is InChI=1S/C7H17N2OP/c1-8-4-6-9(7-5-8)11(2,3)10/h4-7H2,1-3H3. The molecular formula is C7H17N2OP. The molecule has 1 rings (SSSR count). The fourth-order valence-corrected chi connectivity index (χ4v) is 2.42. The third-order valence-electron chi connectivity index (χ3n) is 2.16. The van der Waals surface area contributed by atoms with E-state index in [4.69, 9.17) is 0 Å². The lowest BCUT2D eigenvalue weighted by molar-refractivity contribution is 0.222. The maximum Gasteiger partial charge on any atom is 0.144 e. The minimum absolute atomic E-state index is 0.959. The third kappa shape index (κ3) is 2.58. The highest BCUT2D eigenvalue weighted by molar-refractivity contribution is 7.59. The summed E-state index contributed by atoms with van der Waals surface area (Å²) in [4.78, 5) is 2.27. The van der Waals surface area contributed by atoms with Crippen LogP contribution in [0.25, 0.3) is 0 Å². The molecule has 1 heterocycles. The number of nitrogens with zero attached hydrogens (tertiary/aromatic N) is 2. The van der Waals surface area contributed by atoms with Gasteiger partial charge in [0.15, 0.2) is 0 Å². The summed E-state index contributed by atoms with van der Waals surface area (Å²) in [7, 11) is 0.144. The van der Waals surface area contributed by atoms with Gasteiger partial charge in [-0.25, -0.2) is 0 Å². The van der Waals surface area contributed by atoms with Crippen LogP contribution in [0.1, 0.15) is 0 Å². The summed E-state index contributed by atoms with van der Waals surface area (Å²) < 4.78 is 13.7. The summed E-state index contributed by atoms with van der Waals surface area (Å²) in [5, 5.41) is 0. The molecule has 4 heteroatoms. The maximum absolute atomic E-state index is 11.6. The maximum atomic E-state index is 11.6. The molecule has 0 spiro atoms. The first-order valence-corrected chi connectivity index (χ1v) is 6.54. The van der Waals surface area contributed by atoms with E-state index in [2.05, 4.69) is 16.6 Å². The van der Waals surface area contributed by atoms with Crippen LogP contribution in [0.4, 0.5) is 0 Å². The van der Waals surface area contributed by atoms with E-state index >= 15 is 0 Å². The van der Waals surface area contributed by atoms with Gasteiger partial charge in [-0.1, -0.05) is 0 Å². The van der Waals surface area contributed by atoms with Gasteiger partial charge in [-0.05, 0) is 7.05 Å². The molecule has 0 radical (unpaired) electrons. The molecule has 0 aliphatic carbocycles. The van der Waals surface area contributed by atoms with Gasteiger partial charge in [0, 0.05) is 39.5 Å². The van der Waals surface area contributed by atoms with Crippen LogP contribution < -0.4 is 0 Å². The van der Waals surface area contributed by atoms with Gasteiger partial charge in [0.1, 0.15) is 7.29 Å². The van der Waals surface area contributed by atoms with Crippen molar-refractivity contribution >= 4 is 7.29 Å². The summed E-state index contributed by atoms with van der Waals surface area (Å²) in [6.45, 7) is 7.70. The molecule has 1 saturated heterocycles. The van der Waals surface area contributed by atoms with Gasteiger partial charge in [-0.2, -0.15) is 0 Å². The predicted molar refractivity (Wildman–Crippen MR) is 48.5 cm³/mol. The van der Waals surface area contributed by atoms with Crippen LogP contribution in [0, 0.1) is 0 Å². The van der Waals surface area contributed by atoms with Crippen molar-refractivity contribution in [2.24, 2.45) is 0 Å². The number of piperazine rings is 1. The van der Waals surface area contributed by atoms with Crippen LogP contribution in [0.3, 0.4) is 0 Å². The van der Waals surface area contributed by atoms with E-state index < -0.39 is 7.29 Å². The van der Waals surface area contributed by atoms with E-state index in [1.54, 1.807) is 0 Å². The molecule has 66 valence electrons.